The van der Waals surface area contributed by atoms with E-state index in [9.17, 15) is 0 Å². The Bertz CT molecular complexity index is 1040. The molecule has 0 aliphatic heterocycles. The molecule has 2 heterocycles. The van der Waals surface area contributed by atoms with Crippen LogP contribution in [-0.2, 0) is 0 Å². The zero-order valence-electron chi connectivity index (χ0n) is 14.6. The molecule has 9 heteroatoms. The van der Waals surface area contributed by atoms with Crippen molar-refractivity contribution in [2.24, 2.45) is 0 Å². The van der Waals surface area contributed by atoms with Crippen molar-refractivity contribution in [2.75, 3.05) is 0 Å². The quantitative estimate of drug-likeness (QED) is 0.457. The van der Waals surface area contributed by atoms with Gasteiger partial charge >= 0.3 is 0 Å². The maximum absolute atomic E-state index is 5.94. The molecule has 0 N–H and O–H groups in total. The first-order chi connectivity index (χ1) is 13.1. The smallest absolute Gasteiger partial charge is 0.247 e. The molecule has 0 aliphatic rings. The summed E-state index contributed by atoms with van der Waals surface area (Å²) < 4.78 is 7.49. The maximum Gasteiger partial charge on any atom is 0.247 e. The molecule has 2 aromatic carbocycles. The number of hydrogen-bond acceptors (Lipinski definition) is 7. The third-order valence-corrected chi connectivity index (χ3v) is 5.15. The van der Waals surface area contributed by atoms with Gasteiger partial charge < -0.3 is 4.42 Å². The van der Waals surface area contributed by atoms with Gasteiger partial charge in [0.25, 0.3) is 0 Å². The van der Waals surface area contributed by atoms with Crippen molar-refractivity contribution in [1.29, 1.82) is 0 Å². The van der Waals surface area contributed by atoms with Crippen molar-refractivity contribution >= 4 is 23.4 Å². The number of rotatable bonds is 5. The van der Waals surface area contributed by atoms with Gasteiger partial charge in [-0.2, -0.15) is 4.68 Å². The van der Waals surface area contributed by atoms with Crippen molar-refractivity contribution < 1.29 is 4.42 Å². The Labute approximate surface area is 164 Å². The minimum absolute atomic E-state index is 0.117. The molecule has 0 amide bonds. The van der Waals surface area contributed by atoms with Crippen LogP contribution in [0.15, 0.2) is 58.1 Å². The predicted octanol–water partition coefficient (Wildman–Crippen LogP) is 4.53. The Morgan fingerprint density at radius 3 is 2.48 bits per heavy atom. The van der Waals surface area contributed by atoms with Gasteiger partial charge in [-0.25, -0.2) is 0 Å². The lowest BCUT2D eigenvalue weighted by molar-refractivity contribution is 0.508. The molecular formula is C18H15ClN6OS. The van der Waals surface area contributed by atoms with Crippen molar-refractivity contribution in [3.05, 3.63) is 65.0 Å². The van der Waals surface area contributed by atoms with Crippen LogP contribution in [0.4, 0.5) is 0 Å². The molecule has 0 spiro atoms. The van der Waals surface area contributed by atoms with E-state index in [1.54, 1.807) is 16.8 Å². The van der Waals surface area contributed by atoms with Crippen molar-refractivity contribution in [2.45, 2.75) is 24.3 Å². The number of hydrogen-bond donors (Lipinski definition) is 0. The van der Waals surface area contributed by atoms with Gasteiger partial charge in [-0.1, -0.05) is 41.1 Å². The highest BCUT2D eigenvalue weighted by Gasteiger charge is 2.20. The highest BCUT2D eigenvalue weighted by atomic mass is 35.5. The molecule has 1 unspecified atom stereocenters. The van der Waals surface area contributed by atoms with Crippen LogP contribution in [0.5, 0.6) is 0 Å². The standard InChI is InChI=1S/C18H15ClN6OS/c1-11-3-5-13(6-4-11)17-21-20-16(26-17)12(2)27-18-22-23-24-25(18)15-9-7-14(19)8-10-15/h3-10,12H,1-2H3. The summed E-state index contributed by atoms with van der Waals surface area (Å²) in [5.41, 5.74) is 2.89. The van der Waals surface area contributed by atoms with E-state index in [1.165, 1.54) is 17.3 Å². The second kappa shape index (κ2) is 7.50. The monoisotopic (exact) mass is 398 g/mol. The molecule has 0 aliphatic carbocycles. The number of nitrogens with zero attached hydrogens (tertiary/aromatic N) is 6. The van der Waals surface area contributed by atoms with Crippen LogP contribution in [0.25, 0.3) is 17.1 Å². The largest absolute Gasteiger partial charge is 0.419 e. The van der Waals surface area contributed by atoms with E-state index in [2.05, 4.69) is 25.7 Å². The molecule has 0 saturated heterocycles. The lowest BCUT2D eigenvalue weighted by Gasteiger charge is -2.07. The summed E-state index contributed by atoms with van der Waals surface area (Å²) in [6.45, 7) is 4.00. The molecule has 2 aromatic heterocycles. The Kier molecular flexibility index (Phi) is 4.91. The van der Waals surface area contributed by atoms with E-state index in [0.29, 0.717) is 22.0 Å². The van der Waals surface area contributed by atoms with Gasteiger partial charge in [-0.3, -0.25) is 0 Å². The molecule has 0 fully saturated rings. The number of aryl methyl sites for hydroxylation is 1. The summed E-state index contributed by atoms with van der Waals surface area (Å²) in [7, 11) is 0. The highest BCUT2D eigenvalue weighted by molar-refractivity contribution is 7.99. The number of benzene rings is 2. The number of thioether (sulfide) groups is 1. The first kappa shape index (κ1) is 17.7. The summed E-state index contributed by atoms with van der Waals surface area (Å²) in [6.07, 6.45) is 0. The first-order valence-electron chi connectivity index (χ1n) is 8.21. The molecule has 0 saturated carbocycles. The van der Waals surface area contributed by atoms with Crippen LogP contribution in [0.1, 0.15) is 23.6 Å². The summed E-state index contributed by atoms with van der Waals surface area (Å²) in [6, 6.07) is 15.3. The van der Waals surface area contributed by atoms with Crippen molar-refractivity contribution in [3.8, 4) is 17.1 Å². The van der Waals surface area contributed by atoms with E-state index >= 15 is 0 Å². The van der Waals surface area contributed by atoms with Gasteiger partial charge in [0.05, 0.1) is 10.9 Å². The Balaban J connectivity index is 1.54. The first-order valence-corrected chi connectivity index (χ1v) is 9.47. The van der Waals surface area contributed by atoms with Gasteiger partial charge in [-0.15, -0.1) is 15.3 Å². The van der Waals surface area contributed by atoms with Crippen LogP contribution in [-0.4, -0.2) is 30.4 Å². The third kappa shape index (κ3) is 3.86. The second-order valence-electron chi connectivity index (χ2n) is 5.92. The number of halogens is 1. The molecule has 4 aromatic rings. The Morgan fingerprint density at radius 1 is 1.00 bits per heavy atom. The minimum Gasteiger partial charge on any atom is -0.419 e. The second-order valence-corrected chi connectivity index (χ2v) is 7.67. The van der Waals surface area contributed by atoms with Gasteiger partial charge in [0.1, 0.15) is 0 Å². The van der Waals surface area contributed by atoms with E-state index in [-0.39, 0.29) is 5.25 Å². The van der Waals surface area contributed by atoms with Crippen LogP contribution >= 0.6 is 23.4 Å². The molecule has 0 radical (unpaired) electrons. The van der Waals surface area contributed by atoms with Gasteiger partial charge in [-0.05, 0) is 60.7 Å². The third-order valence-electron chi connectivity index (χ3n) is 3.88. The molecule has 27 heavy (non-hydrogen) atoms. The van der Waals surface area contributed by atoms with E-state index in [0.717, 1.165) is 11.3 Å². The lowest BCUT2D eigenvalue weighted by atomic mass is 10.1. The molecule has 4 rings (SSSR count). The average molecular weight is 399 g/mol. The molecule has 1 atom stereocenters. The fourth-order valence-electron chi connectivity index (χ4n) is 2.42. The predicted molar refractivity (Wildman–Crippen MR) is 103 cm³/mol. The fraction of sp³-hybridized carbons (Fsp3) is 0.167. The van der Waals surface area contributed by atoms with Crippen molar-refractivity contribution in [3.63, 3.8) is 0 Å². The normalized spacial score (nSPS) is 12.3. The summed E-state index contributed by atoms with van der Waals surface area (Å²) >= 11 is 7.38. The zero-order chi connectivity index (χ0) is 18.8. The molecular weight excluding hydrogens is 384 g/mol. The lowest BCUT2D eigenvalue weighted by Crippen LogP contribution is -2.00. The molecule has 0 bridgehead atoms. The zero-order valence-corrected chi connectivity index (χ0v) is 16.1. The molecule has 136 valence electrons. The SMILES string of the molecule is Cc1ccc(-c2nnc(C(C)Sc3nnnn3-c3ccc(Cl)cc3)o2)cc1. The van der Waals surface area contributed by atoms with Crippen LogP contribution in [0.3, 0.4) is 0 Å². The summed E-state index contributed by atoms with van der Waals surface area (Å²) in [5, 5.41) is 21.4. The van der Waals surface area contributed by atoms with Gasteiger partial charge in [0, 0.05) is 10.6 Å². The minimum atomic E-state index is -0.117. The van der Waals surface area contributed by atoms with E-state index < -0.39 is 0 Å². The highest BCUT2D eigenvalue weighted by Crippen LogP contribution is 2.34. The van der Waals surface area contributed by atoms with E-state index in [1.807, 2.05) is 50.2 Å². The van der Waals surface area contributed by atoms with Crippen LogP contribution in [0, 0.1) is 6.92 Å². The van der Waals surface area contributed by atoms with Crippen molar-refractivity contribution in [1.82, 2.24) is 30.4 Å². The van der Waals surface area contributed by atoms with Gasteiger partial charge in [0.2, 0.25) is 16.9 Å². The summed E-state index contributed by atoms with van der Waals surface area (Å²) in [4.78, 5) is 0. The maximum atomic E-state index is 5.94. The summed E-state index contributed by atoms with van der Waals surface area (Å²) in [5.74, 6) is 1.01. The van der Waals surface area contributed by atoms with Crippen LogP contribution in [0.2, 0.25) is 5.02 Å². The number of aromatic nitrogens is 6. The topological polar surface area (TPSA) is 82.5 Å². The number of tetrazole rings is 1. The Hall–Kier alpha value is -2.71. The molecule has 7 nitrogen and oxygen atoms in total. The van der Waals surface area contributed by atoms with Crippen LogP contribution < -0.4 is 0 Å². The fourth-order valence-corrected chi connectivity index (χ4v) is 3.38. The average Bonchev–Trinajstić information content (AvgIpc) is 3.33. The Morgan fingerprint density at radius 2 is 1.74 bits per heavy atom. The van der Waals surface area contributed by atoms with Gasteiger partial charge in [0.15, 0.2) is 0 Å². The van der Waals surface area contributed by atoms with E-state index in [4.69, 9.17) is 16.0 Å².